The highest BCUT2D eigenvalue weighted by molar-refractivity contribution is 6.05. The van der Waals surface area contributed by atoms with Crippen molar-refractivity contribution in [3.8, 4) is 17.1 Å². The number of rotatable bonds is 5. The largest absolute Gasteiger partial charge is 0.481 e. The number of nitrogens with zero attached hydrogens (tertiary/aromatic N) is 4. The standard InChI is InChI=1S/C26H26N5O2/c1-31-14-10-18(11-15-31)17-5-7-20(8-6-17)29-24-23-19(9-13-27-25(23)32)16-22(30-24)21-4-3-12-28-26(21)33-2/h3-9,12-13,16,18H,10-11,14-15H2,1-2H3,(H,29,30). The SMILES string of the molecule is COc1ncccc1-c1cc2c(c(Nc3ccc(C4CCN(C)CC4)cc3)n1)C(=O)[N]C=C2. The van der Waals surface area contributed by atoms with Crippen molar-refractivity contribution in [1.82, 2.24) is 20.2 Å². The fourth-order valence-electron chi connectivity index (χ4n) is 4.46. The molecule has 5 rings (SSSR count). The van der Waals surface area contributed by atoms with Crippen LogP contribution in [0.15, 0.2) is 54.9 Å². The van der Waals surface area contributed by atoms with Crippen LogP contribution in [0, 0.1) is 0 Å². The van der Waals surface area contributed by atoms with Gasteiger partial charge in [0.15, 0.2) is 0 Å². The van der Waals surface area contributed by atoms with Gasteiger partial charge in [0, 0.05) is 18.1 Å². The molecule has 3 aromatic rings. The Labute approximate surface area is 193 Å². The van der Waals surface area contributed by atoms with E-state index in [1.54, 1.807) is 13.3 Å². The van der Waals surface area contributed by atoms with Crippen LogP contribution in [0.2, 0.25) is 0 Å². The summed E-state index contributed by atoms with van der Waals surface area (Å²) in [5.74, 6) is 1.23. The molecule has 7 nitrogen and oxygen atoms in total. The lowest BCUT2D eigenvalue weighted by atomic mass is 9.89. The average molecular weight is 441 g/mol. The van der Waals surface area contributed by atoms with Gasteiger partial charge in [0.2, 0.25) is 5.88 Å². The summed E-state index contributed by atoms with van der Waals surface area (Å²) in [6, 6.07) is 14.1. The van der Waals surface area contributed by atoms with E-state index < -0.39 is 0 Å². The van der Waals surface area contributed by atoms with Crippen molar-refractivity contribution in [3.63, 3.8) is 0 Å². The first-order valence-electron chi connectivity index (χ1n) is 11.1. The Balaban J connectivity index is 1.48. The minimum Gasteiger partial charge on any atom is -0.481 e. The van der Waals surface area contributed by atoms with E-state index in [0.29, 0.717) is 28.9 Å². The highest BCUT2D eigenvalue weighted by Crippen LogP contribution is 2.34. The summed E-state index contributed by atoms with van der Waals surface area (Å²) in [5.41, 5.74) is 4.88. The second-order valence-corrected chi connectivity index (χ2v) is 8.46. The molecule has 0 unspecified atom stereocenters. The Morgan fingerprint density at radius 2 is 1.91 bits per heavy atom. The molecule has 1 saturated heterocycles. The Bertz CT molecular complexity index is 1200. The number of hydrogen-bond acceptors (Lipinski definition) is 6. The molecule has 0 atom stereocenters. The number of carbonyl (C=O) groups is 1. The number of methoxy groups -OCH3 is 1. The summed E-state index contributed by atoms with van der Waals surface area (Å²) in [6.45, 7) is 2.26. The molecule has 1 fully saturated rings. The molecule has 2 aliphatic rings. The number of hydrogen-bond donors (Lipinski definition) is 1. The molecule has 1 N–H and O–H groups in total. The molecule has 1 radical (unpaired) electrons. The highest BCUT2D eigenvalue weighted by Gasteiger charge is 2.23. The van der Waals surface area contributed by atoms with E-state index in [4.69, 9.17) is 9.72 Å². The lowest BCUT2D eigenvalue weighted by Gasteiger charge is -2.29. The first-order valence-corrected chi connectivity index (χ1v) is 11.1. The molecule has 4 heterocycles. The molecule has 1 amide bonds. The van der Waals surface area contributed by atoms with E-state index in [1.807, 2.05) is 24.3 Å². The summed E-state index contributed by atoms with van der Waals surface area (Å²) < 4.78 is 5.42. The first kappa shape index (κ1) is 21.2. The number of aromatic nitrogens is 2. The van der Waals surface area contributed by atoms with Crippen molar-refractivity contribution in [2.24, 2.45) is 0 Å². The third-order valence-electron chi connectivity index (χ3n) is 6.31. The fraction of sp³-hybridized carbons (Fsp3) is 0.269. The Kier molecular flexibility index (Phi) is 5.79. The normalized spacial score (nSPS) is 16.2. The first-order chi connectivity index (χ1) is 16.1. The minimum absolute atomic E-state index is 0.310. The van der Waals surface area contributed by atoms with Crippen molar-refractivity contribution in [2.75, 3.05) is 32.6 Å². The average Bonchev–Trinajstić information content (AvgIpc) is 2.85. The Morgan fingerprint density at radius 1 is 1.12 bits per heavy atom. The molecule has 0 aliphatic carbocycles. The predicted octanol–water partition coefficient (Wildman–Crippen LogP) is 4.43. The minimum atomic E-state index is -0.310. The van der Waals surface area contributed by atoms with Crippen molar-refractivity contribution >= 4 is 23.5 Å². The molecular formula is C26H26N5O2. The maximum atomic E-state index is 12.6. The maximum absolute atomic E-state index is 12.6. The number of anilines is 2. The summed E-state index contributed by atoms with van der Waals surface area (Å²) in [6.07, 6.45) is 7.37. The summed E-state index contributed by atoms with van der Waals surface area (Å²) >= 11 is 0. The van der Waals surface area contributed by atoms with Gasteiger partial charge in [0.05, 0.1) is 23.9 Å². The van der Waals surface area contributed by atoms with Gasteiger partial charge in [-0.2, -0.15) is 0 Å². The third-order valence-corrected chi connectivity index (χ3v) is 6.31. The van der Waals surface area contributed by atoms with Crippen LogP contribution in [-0.2, 0) is 0 Å². The number of benzene rings is 1. The number of amides is 1. The lowest BCUT2D eigenvalue weighted by molar-refractivity contribution is 0.0965. The van der Waals surface area contributed by atoms with Crippen molar-refractivity contribution in [2.45, 2.75) is 18.8 Å². The van der Waals surface area contributed by atoms with E-state index >= 15 is 0 Å². The van der Waals surface area contributed by atoms with E-state index in [0.717, 1.165) is 29.9 Å². The number of piperidine rings is 1. The molecule has 0 spiro atoms. The highest BCUT2D eigenvalue weighted by atomic mass is 16.5. The number of nitrogens with one attached hydrogen (secondary N) is 1. The molecule has 2 aromatic heterocycles. The van der Waals surface area contributed by atoms with Crippen LogP contribution >= 0.6 is 0 Å². The third kappa shape index (κ3) is 4.32. The van der Waals surface area contributed by atoms with Crippen LogP contribution in [0.4, 0.5) is 11.5 Å². The van der Waals surface area contributed by atoms with Crippen LogP contribution in [0.5, 0.6) is 5.88 Å². The lowest BCUT2D eigenvalue weighted by Crippen LogP contribution is -2.29. The van der Waals surface area contributed by atoms with E-state index in [9.17, 15) is 4.79 Å². The number of likely N-dealkylation sites (tertiary alicyclic amines) is 1. The van der Waals surface area contributed by atoms with Gasteiger partial charge in [0.1, 0.15) is 5.82 Å². The van der Waals surface area contributed by atoms with E-state index in [-0.39, 0.29) is 5.91 Å². The van der Waals surface area contributed by atoms with Crippen LogP contribution in [0.25, 0.3) is 17.3 Å². The Hall–Kier alpha value is -3.71. The molecule has 7 heteroatoms. The van der Waals surface area contributed by atoms with Crippen molar-refractivity contribution in [1.29, 1.82) is 0 Å². The molecule has 0 bridgehead atoms. The molecule has 167 valence electrons. The van der Waals surface area contributed by atoms with Crippen molar-refractivity contribution < 1.29 is 9.53 Å². The summed E-state index contributed by atoms with van der Waals surface area (Å²) in [7, 11) is 3.76. The second-order valence-electron chi connectivity index (χ2n) is 8.46. The van der Waals surface area contributed by atoms with Gasteiger partial charge in [0.25, 0.3) is 5.91 Å². The van der Waals surface area contributed by atoms with Crippen LogP contribution < -0.4 is 15.4 Å². The summed E-state index contributed by atoms with van der Waals surface area (Å²) in [4.78, 5) is 24.1. The van der Waals surface area contributed by atoms with Gasteiger partial charge in [-0.05, 0) is 86.4 Å². The van der Waals surface area contributed by atoms with Gasteiger partial charge in [-0.1, -0.05) is 12.1 Å². The number of ether oxygens (including phenoxy) is 1. The van der Waals surface area contributed by atoms with Gasteiger partial charge in [-0.3, -0.25) is 4.79 Å². The van der Waals surface area contributed by atoms with Crippen LogP contribution in [0.3, 0.4) is 0 Å². The summed E-state index contributed by atoms with van der Waals surface area (Å²) in [5, 5.41) is 7.30. The molecule has 1 aromatic carbocycles. The maximum Gasteiger partial charge on any atom is 0.281 e. The molecule has 2 aliphatic heterocycles. The van der Waals surface area contributed by atoms with E-state index in [1.165, 1.54) is 24.6 Å². The molecular weight excluding hydrogens is 414 g/mol. The zero-order valence-electron chi connectivity index (χ0n) is 18.8. The van der Waals surface area contributed by atoms with Gasteiger partial charge in [-0.15, -0.1) is 0 Å². The van der Waals surface area contributed by atoms with Crippen LogP contribution in [0.1, 0.15) is 40.2 Å². The topological polar surface area (TPSA) is 81.4 Å². The number of carbonyl (C=O) groups excluding carboxylic acids is 1. The Morgan fingerprint density at radius 3 is 2.67 bits per heavy atom. The zero-order chi connectivity index (χ0) is 22.8. The van der Waals surface area contributed by atoms with Crippen molar-refractivity contribution in [3.05, 3.63) is 71.6 Å². The zero-order valence-corrected chi connectivity index (χ0v) is 18.8. The number of pyridine rings is 2. The quantitative estimate of drug-likeness (QED) is 0.632. The van der Waals surface area contributed by atoms with Crippen LogP contribution in [-0.4, -0.2) is 48.0 Å². The van der Waals surface area contributed by atoms with Gasteiger partial charge < -0.3 is 15.0 Å². The fourth-order valence-corrected chi connectivity index (χ4v) is 4.46. The monoisotopic (exact) mass is 440 g/mol. The van der Waals surface area contributed by atoms with Gasteiger partial charge in [-0.25, -0.2) is 15.3 Å². The van der Waals surface area contributed by atoms with E-state index in [2.05, 4.69) is 51.8 Å². The smallest absolute Gasteiger partial charge is 0.281 e. The number of fused-ring (bicyclic) bond motifs is 1. The molecule has 33 heavy (non-hydrogen) atoms. The second kappa shape index (κ2) is 9.03. The van der Waals surface area contributed by atoms with Gasteiger partial charge >= 0.3 is 0 Å². The predicted molar refractivity (Wildman–Crippen MR) is 129 cm³/mol. The molecule has 0 saturated carbocycles.